The highest BCUT2D eigenvalue weighted by Gasteiger charge is 2.29. The summed E-state index contributed by atoms with van der Waals surface area (Å²) in [6, 6.07) is 43.3. The fraction of sp³-hybridized carbons (Fsp3) is 0.495. The molecule has 0 radical (unpaired) electrons. The van der Waals surface area contributed by atoms with E-state index in [0.717, 1.165) is 233 Å². The van der Waals surface area contributed by atoms with Crippen molar-refractivity contribution in [2.45, 2.75) is 280 Å². The Kier molecular flexibility index (Phi) is 44.9. The van der Waals surface area contributed by atoms with Gasteiger partial charge in [-0.15, -0.1) is 0 Å². The zero-order valence-electron chi connectivity index (χ0n) is 84.5. The minimum Gasteiger partial charge on any atom is -0.331 e. The number of aromatic nitrogens is 8. The van der Waals surface area contributed by atoms with E-state index in [-0.39, 0.29) is 47.9 Å². The second kappa shape index (κ2) is 56.1. The monoisotopic (exact) mass is 1890 g/mol. The number of nitrogens with zero attached hydrogens (tertiary/aromatic N) is 12. The van der Waals surface area contributed by atoms with Crippen LogP contribution in [0.15, 0.2) is 158 Å². The van der Waals surface area contributed by atoms with Gasteiger partial charge in [0.2, 0.25) is 0 Å². The maximum absolute atomic E-state index is 14.4. The molecule has 0 aliphatic heterocycles. The smallest absolute Gasteiger partial charge is 0.257 e. The Hall–Kier alpha value is -11.1. The molecule has 12 rings (SSSR count). The largest absolute Gasteiger partial charge is 0.331 e. The number of unbranched alkanes of at least 4 members (excludes halogenated alkanes) is 3. The Morgan fingerprint density at radius 1 is 0.321 bits per heavy atom. The number of benzene rings is 8. The lowest BCUT2D eigenvalue weighted by atomic mass is 10.1. The number of imidazole rings is 4. The number of carbonyl (C=O) groups is 4. The van der Waals surface area contributed by atoms with Gasteiger partial charge in [-0.2, -0.15) is 0 Å². The number of nitrogens with one attached hydrogen (secondary N) is 4. The molecule has 0 saturated heterocycles. The first-order valence-electron chi connectivity index (χ1n) is 50.3. The molecule has 742 valence electrons. The SMILES string of the molecule is CCCCCCNCc1ccc2c(c1)nc(CN(CCC)C(=O)c1cc(F)ccc1F)n2CCC.CCCN(Cc1nc2cc(CNCC(C)CC)ccc2n1CCC)C(=O)c1cccc(F)c1.CCCn1c(CN(CC(C)C)C(=O)c2cc(F)ccc2F)nc2cc(CNCC(C)CC)ccc21.CCCn1c(CN(CC(C)C)C(=O)c2cccc(F)c2)nc2cc(CNCC(C)CC)ccc21. The van der Waals surface area contributed by atoms with Gasteiger partial charge in [0.1, 0.15) is 58.2 Å². The number of halogens is 6. The molecule has 0 saturated carbocycles. The highest BCUT2D eigenvalue weighted by atomic mass is 19.1. The lowest BCUT2D eigenvalue weighted by molar-refractivity contribution is 0.0706. The summed E-state index contributed by atoms with van der Waals surface area (Å²) in [4.78, 5) is 79.2. The molecule has 4 N–H and O–H groups in total. The minimum atomic E-state index is -0.721. The van der Waals surface area contributed by atoms with Gasteiger partial charge < -0.3 is 59.1 Å². The molecule has 3 unspecified atom stereocenters. The van der Waals surface area contributed by atoms with Crippen molar-refractivity contribution in [2.75, 3.05) is 52.4 Å². The topological polar surface area (TPSA) is 201 Å². The van der Waals surface area contributed by atoms with Gasteiger partial charge in [0.05, 0.1) is 81.4 Å². The van der Waals surface area contributed by atoms with Crippen molar-refractivity contribution in [1.29, 1.82) is 0 Å². The number of hydrogen-bond acceptors (Lipinski definition) is 12. The maximum Gasteiger partial charge on any atom is 0.257 e. The van der Waals surface area contributed by atoms with Gasteiger partial charge in [-0.25, -0.2) is 46.3 Å². The van der Waals surface area contributed by atoms with Gasteiger partial charge in [-0.1, -0.05) is 193 Å². The average Bonchev–Trinajstić information content (AvgIpc) is 1.67. The molecular weight excluding hydrogens is 1740 g/mol. The molecule has 3 atom stereocenters. The van der Waals surface area contributed by atoms with E-state index in [9.17, 15) is 45.5 Å². The molecule has 12 aromatic rings. The average molecular weight is 1890 g/mol. The summed E-state index contributed by atoms with van der Waals surface area (Å²) in [6.45, 7) is 49.8. The van der Waals surface area contributed by atoms with Crippen LogP contribution in [0.3, 0.4) is 0 Å². The second-order valence-corrected chi connectivity index (χ2v) is 37.6. The van der Waals surface area contributed by atoms with Crippen LogP contribution < -0.4 is 21.3 Å². The molecule has 4 amide bonds. The van der Waals surface area contributed by atoms with Crippen molar-refractivity contribution < 1.29 is 45.5 Å². The summed E-state index contributed by atoms with van der Waals surface area (Å²) in [5.41, 5.74) is 12.9. The normalized spacial score (nSPS) is 12.1. The van der Waals surface area contributed by atoms with Crippen LogP contribution in [-0.2, 0) is 78.5 Å². The predicted octanol–water partition coefficient (Wildman–Crippen LogP) is 24.4. The van der Waals surface area contributed by atoms with Crippen LogP contribution in [0.1, 0.15) is 288 Å². The zero-order chi connectivity index (χ0) is 99.2. The van der Waals surface area contributed by atoms with Crippen molar-refractivity contribution in [3.05, 3.63) is 260 Å². The lowest BCUT2D eigenvalue weighted by Gasteiger charge is -2.25. The highest BCUT2D eigenvalue weighted by molar-refractivity contribution is 5.96. The van der Waals surface area contributed by atoms with Crippen LogP contribution in [-0.4, -0.2) is 134 Å². The molecule has 0 spiro atoms. The fourth-order valence-electron chi connectivity index (χ4n) is 16.8. The minimum absolute atomic E-state index is 0.155. The number of carbonyl (C=O) groups excluding carboxylic acids is 4. The first-order chi connectivity index (χ1) is 66.0. The zero-order valence-corrected chi connectivity index (χ0v) is 84.5. The Labute approximate surface area is 810 Å². The third kappa shape index (κ3) is 32.5. The first-order valence-corrected chi connectivity index (χ1v) is 50.3. The third-order valence-corrected chi connectivity index (χ3v) is 24.5. The van der Waals surface area contributed by atoms with E-state index in [1.807, 2.05) is 27.7 Å². The van der Waals surface area contributed by atoms with Gasteiger partial charge in [-0.05, 0) is 244 Å². The van der Waals surface area contributed by atoms with E-state index < -0.39 is 46.7 Å². The second-order valence-electron chi connectivity index (χ2n) is 37.6. The third-order valence-electron chi connectivity index (χ3n) is 24.5. The molecule has 137 heavy (non-hydrogen) atoms. The van der Waals surface area contributed by atoms with E-state index in [0.29, 0.717) is 74.6 Å². The van der Waals surface area contributed by atoms with Gasteiger partial charge >= 0.3 is 0 Å². The standard InChI is InChI=1S/2C28H38F2N4O.C28H39FN4O.C27H37FN4O/c1-6-12-34-26-11-8-21(16-31-15-20(5)7-2)13-25(26)32-27(34)18-33(17-19(3)4)28(35)23-14-22(29)9-10-24(23)30;1-4-7-8-9-14-31-19-21-10-13-26-25(17-21)32-27(34(26)16-6-3)20-33(15-5-2)28(35)23-18-22(29)11-12-24(23)30;1-6-13-33-26-12-11-22(17-30-16-21(5)7-2)14-25(26)31-27(33)19-32(18-20(3)4)28(34)23-9-8-10-24(29)15-23;1-5-13-31(27(33)22-9-8-10-23(28)16-22)19-26-30-24-15-21(18-29-17-20(4)7-3)11-12-25(24)32(26)14-6-2/h8-11,13-14,19-20,31H,6-7,12,15-18H2,1-5H3;10-13,17-18,31H,4-9,14-16,19-20H2,1-3H3;8-12,14-15,20-21,30H,6-7,13,16-19H2,1-5H3;8-12,15-16,20,29H,5-7,13-14,17-19H2,1-4H3. The molecule has 0 aliphatic carbocycles. The van der Waals surface area contributed by atoms with Crippen molar-refractivity contribution >= 4 is 67.8 Å². The fourth-order valence-corrected chi connectivity index (χ4v) is 16.8. The summed E-state index contributed by atoms with van der Waals surface area (Å²) in [7, 11) is 0. The van der Waals surface area contributed by atoms with E-state index in [1.54, 1.807) is 43.9 Å². The predicted molar refractivity (Wildman–Crippen MR) is 544 cm³/mol. The van der Waals surface area contributed by atoms with E-state index in [2.05, 4.69) is 202 Å². The van der Waals surface area contributed by atoms with Gasteiger partial charge in [0.15, 0.2) is 0 Å². The summed E-state index contributed by atoms with van der Waals surface area (Å²) in [5, 5.41) is 14.1. The van der Waals surface area contributed by atoms with Crippen LogP contribution in [0.4, 0.5) is 26.3 Å². The van der Waals surface area contributed by atoms with Crippen molar-refractivity contribution in [1.82, 2.24) is 79.1 Å². The molecule has 20 nitrogen and oxygen atoms in total. The molecule has 0 fully saturated rings. The van der Waals surface area contributed by atoms with Crippen LogP contribution in [0, 0.1) is 64.5 Å². The van der Waals surface area contributed by atoms with Crippen molar-refractivity contribution in [2.24, 2.45) is 29.6 Å². The highest BCUT2D eigenvalue weighted by Crippen LogP contribution is 2.29. The van der Waals surface area contributed by atoms with Crippen LogP contribution >= 0.6 is 0 Å². The summed E-state index contributed by atoms with van der Waals surface area (Å²) >= 11 is 0. The van der Waals surface area contributed by atoms with E-state index >= 15 is 0 Å². The van der Waals surface area contributed by atoms with Crippen LogP contribution in [0.5, 0.6) is 0 Å². The quantitative estimate of drug-likeness (QED) is 0.0208. The first kappa shape index (κ1) is 110. The van der Waals surface area contributed by atoms with Crippen molar-refractivity contribution in [3.63, 3.8) is 0 Å². The molecule has 8 aromatic carbocycles. The number of fused-ring (bicyclic) bond motifs is 4. The lowest BCUT2D eigenvalue weighted by Crippen LogP contribution is -2.35. The van der Waals surface area contributed by atoms with Gasteiger partial charge in [0, 0.05) is 89.7 Å². The number of amides is 4. The Balaban J connectivity index is 0.000000205. The molecule has 4 aromatic heterocycles. The van der Waals surface area contributed by atoms with Gasteiger partial charge in [-0.3, -0.25) is 19.2 Å². The van der Waals surface area contributed by atoms with Crippen LogP contribution in [0.2, 0.25) is 0 Å². The van der Waals surface area contributed by atoms with Crippen LogP contribution in [0.25, 0.3) is 44.1 Å². The molecule has 0 aliphatic rings. The molecule has 4 heterocycles. The summed E-state index contributed by atoms with van der Waals surface area (Å²) < 4.78 is 92.4. The molecule has 26 heteroatoms. The maximum atomic E-state index is 14.4. The van der Waals surface area contributed by atoms with E-state index in [1.165, 1.54) is 73.1 Å². The number of rotatable bonds is 50. The summed E-state index contributed by atoms with van der Waals surface area (Å²) in [5.74, 6) is 0.737. The summed E-state index contributed by atoms with van der Waals surface area (Å²) in [6.07, 6.45) is 13.7. The van der Waals surface area contributed by atoms with E-state index in [4.69, 9.17) is 19.9 Å². The Bertz CT molecular complexity index is 5800. The molecular formula is C111H152F6N16O4. The Morgan fingerprint density at radius 2 is 0.628 bits per heavy atom. The number of hydrogen-bond donors (Lipinski definition) is 4. The number of aryl methyl sites for hydroxylation is 4. The van der Waals surface area contributed by atoms with Crippen molar-refractivity contribution in [3.8, 4) is 0 Å². The van der Waals surface area contributed by atoms with Gasteiger partial charge in [0.25, 0.3) is 23.6 Å². The Morgan fingerprint density at radius 3 is 0.942 bits per heavy atom. The molecule has 0 bridgehead atoms.